The van der Waals surface area contributed by atoms with Crippen molar-refractivity contribution in [3.63, 3.8) is 0 Å². The van der Waals surface area contributed by atoms with Crippen LogP contribution in [0.1, 0.15) is 54.2 Å². The Morgan fingerprint density at radius 2 is 2.03 bits per heavy atom. The van der Waals surface area contributed by atoms with Gasteiger partial charge in [-0.2, -0.15) is 5.26 Å². The Balaban J connectivity index is 2.43. The van der Waals surface area contributed by atoms with E-state index in [0.29, 0.717) is 37.1 Å². The van der Waals surface area contributed by atoms with Crippen molar-refractivity contribution in [3.8, 4) is 17.2 Å². The molecule has 0 saturated heterocycles. The lowest BCUT2D eigenvalue weighted by Crippen LogP contribution is -2.15. The molecule has 0 amide bonds. The molecule has 10 heteroatoms. The first-order valence-corrected chi connectivity index (χ1v) is 10.5. The zero-order chi connectivity index (χ0) is 24.4. The van der Waals surface area contributed by atoms with Crippen LogP contribution in [0.4, 0.5) is 11.5 Å². The van der Waals surface area contributed by atoms with Crippen LogP contribution in [0.3, 0.4) is 0 Å². The molecule has 0 bridgehead atoms. The monoisotopic (exact) mass is 454 g/mol. The second-order valence-corrected chi connectivity index (χ2v) is 7.12. The highest BCUT2D eigenvalue weighted by atomic mass is 16.6. The lowest BCUT2D eigenvalue weighted by Gasteiger charge is -2.17. The Bertz CT molecular complexity index is 1080. The van der Waals surface area contributed by atoms with Crippen molar-refractivity contribution >= 4 is 23.4 Å². The molecule has 1 heterocycles. The fourth-order valence-corrected chi connectivity index (χ4v) is 3.34. The number of hydrogen-bond acceptors (Lipinski definition) is 9. The summed E-state index contributed by atoms with van der Waals surface area (Å²) in [6.07, 6.45) is 2.49. The number of aromatic nitrogens is 1. The van der Waals surface area contributed by atoms with Gasteiger partial charge in [-0.3, -0.25) is 14.9 Å². The second-order valence-electron chi connectivity index (χ2n) is 7.12. The number of aryl methyl sites for hydroxylation is 1. The lowest BCUT2D eigenvalue weighted by molar-refractivity contribution is -0.384. The Kier molecular flexibility index (Phi) is 9.30. The second kappa shape index (κ2) is 12.1. The summed E-state index contributed by atoms with van der Waals surface area (Å²) in [7, 11) is 1.35. The molecule has 0 fully saturated rings. The molecular formula is C23H26N4O6. The summed E-state index contributed by atoms with van der Waals surface area (Å²) in [5.41, 5.74) is 0.940. The number of anilines is 1. The van der Waals surface area contributed by atoms with Crippen molar-refractivity contribution in [2.24, 2.45) is 0 Å². The van der Waals surface area contributed by atoms with Crippen molar-refractivity contribution in [1.29, 1.82) is 5.26 Å². The summed E-state index contributed by atoms with van der Waals surface area (Å²) < 4.78 is 9.78. The molecule has 1 aromatic carbocycles. The SMILES string of the molecule is CCOC(=O)c1c(C)nc(NCCCCCC(=O)OC)c(C#N)c1-c1cccc([N+](=O)[O-])c1. The van der Waals surface area contributed by atoms with Gasteiger partial charge in [0.2, 0.25) is 0 Å². The van der Waals surface area contributed by atoms with E-state index >= 15 is 0 Å². The first-order valence-electron chi connectivity index (χ1n) is 10.5. The van der Waals surface area contributed by atoms with Crippen LogP contribution in [0.25, 0.3) is 11.1 Å². The van der Waals surface area contributed by atoms with Gasteiger partial charge < -0.3 is 14.8 Å². The maximum absolute atomic E-state index is 12.7. The van der Waals surface area contributed by atoms with Gasteiger partial charge >= 0.3 is 11.9 Å². The number of methoxy groups -OCH3 is 1. The number of hydrogen-bond donors (Lipinski definition) is 1. The summed E-state index contributed by atoms with van der Waals surface area (Å²) in [5, 5.41) is 24.3. The van der Waals surface area contributed by atoms with Gasteiger partial charge in [-0.1, -0.05) is 18.6 Å². The summed E-state index contributed by atoms with van der Waals surface area (Å²) >= 11 is 0. The van der Waals surface area contributed by atoms with Crippen molar-refractivity contribution in [1.82, 2.24) is 4.98 Å². The fourth-order valence-electron chi connectivity index (χ4n) is 3.34. The third-order valence-electron chi connectivity index (χ3n) is 4.89. The molecule has 2 aromatic rings. The number of esters is 2. The highest BCUT2D eigenvalue weighted by Crippen LogP contribution is 2.35. The molecule has 1 N–H and O–H groups in total. The molecule has 0 atom stereocenters. The van der Waals surface area contributed by atoms with Gasteiger partial charge in [0.15, 0.2) is 0 Å². The van der Waals surface area contributed by atoms with Gasteiger partial charge in [-0.15, -0.1) is 0 Å². The molecule has 2 rings (SSSR count). The molecule has 0 radical (unpaired) electrons. The number of rotatable bonds is 11. The largest absolute Gasteiger partial charge is 0.469 e. The third kappa shape index (κ3) is 6.49. The maximum atomic E-state index is 12.7. The van der Waals surface area contributed by atoms with Crippen molar-refractivity contribution in [3.05, 3.63) is 51.2 Å². The molecule has 10 nitrogen and oxygen atoms in total. The zero-order valence-electron chi connectivity index (χ0n) is 18.8. The number of nitro benzene ring substituents is 1. The number of nitrogens with one attached hydrogen (secondary N) is 1. The summed E-state index contributed by atoms with van der Waals surface area (Å²) in [5.74, 6) is -0.643. The van der Waals surface area contributed by atoms with E-state index in [1.807, 2.05) is 0 Å². The average molecular weight is 454 g/mol. The molecule has 1 aromatic heterocycles. The van der Waals surface area contributed by atoms with E-state index in [1.54, 1.807) is 19.9 Å². The number of carbonyl (C=O) groups excluding carboxylic acids is 2. The minimum Gasteiger partial charge on any atom is -0.469 e. The van der Waals surface area contributed by atoms with Crippen LogP contribution in [0.2, 0.25) is 0 Å². The van der Waals surface area contributed by atoms with E-state index in [-0.39, 0.29) is 40.8 Å². The molecule has 0 aliphatic heterocycles. The Labute approximate surface area is 191 Å². The fraction of sp³-hybridized carbons (Fsp3) is 0.391. The zero-order valence-corrected chi connectivity index (χ0v) is 18.8. The lowest BCUT2D eigenvalue weighted by atomic mass is 9.93. The predicted molar refractivity (Wildman–Crippen MR) is 121 cm³/mol. The minimum atomic E-state index is -0.658. The summed E-state index contributed by atoms with van der Waals surface area (Å²) in [6.45, 7) is 3.89. The number of ether oxygens (including phenoxy) is 2. The van der Waals surface area contributed by atoms with Crippen LogP contribution in [0.15, 0.2) is 24.3 Å². The number of non-ortho nitro benzene ring substituents is 1. The molecule has 0 spiro atoms. The van der Waals surface area contributed by atoms with Gasteiger partial charge in [0.1, 0.15) is 17.5 Å². The first kappa shape index (κ1) is 25.3. The van der Waals surface area contributed by atoms with Crippen LogP contribution in [-0.2, 0) is 14.3 Å². The van der Waals surface area contributed by atoms with Gasteiger partial charge in [-0.05, 0) is 32.3 Å². The highest BCUT2D eigenvalue weighted by Gasteiger charge is 2.25. The molecular weight excluding hydrogens is 428 g/mol. The number of nitro groups is 1. The first-order chi connectivity index (χ1) is 15.8. The summed E-state index contributed by atoms with van der Waals surface area (Å²) in [4.78, 5) is 39.0. The van der Waals surface area contributed by atoms with Gasteiger partial charge in [0.05, 0.1) is 29.9 Å². The predicted octanol–water partition coefficient (Wildman–Crippen LogP) is 4.16. The number of nitrogens with zero attached hydrogens (tertiary/aromatic N) is 3. The van der Waals surface area contributed by atoms with Crippen LogP contribution in [-0.4, -0.2) is 42.1 Å². The summed E-state index contributed by atoms with van der Waals surface area (Å²) in [6, 6.07) is 7.83. The van der Waals surface area contributed by atoms with E-state index < -0.39 is 10.9 Å². The number of benzene rings is 1. The van der Waals surface area contributed by atoms with E-state index in [4.69, 9.17) is 4.74 Å². The number of pyridine rings is 1. The standard InChI is InChI=1S/C23H26N4O6/c1-4-33-23(29)20-15(2)26-22(25-12-7-5-6-11-19(28)32-3)18(14-24)21(20)16-9-8-10-17(13-16)27(30)31/h8-10,13H,4-7,11-12H2,1-3H3,(H,25,26). The quantitative estimate of drug-likeness (QED) is 0.229. The topological polar surface area (TPSA) is 144 Å². The minimum absolute atomic E-state index is 0.0949. The van der Waals surface area contributed by atoms with Crippen molar-refractivity contribution in [2.45, 2.75) is 39.5 Å². The molecule has 0 unspecified atom stereocenters. The Morgan fingerprint density at radius 1 is 1.27 bits per heavy atom. The van der Waals surface area contributed by atoms with E-state index in [0.717, 1.165) is 6.42 Å². The van der Waals surface area contributed by atoms with Gasteiger partial charge in [0, 0.05) is 30.7 Å². The number of carbonyl (C=O) groups is 2. The highest BCUT2D eigenvalue weighted by molar-refractivity contribution is 6.01. The molecule has 0 aliphatic carbocycles. The maximum Gasteiger partial charge on any atom is 0.340 e. The Hall–Kier alpha value is -4.00. The van der Waals surface area contributed by atoms with E-state index in [1.165, 1.54) is 25.3 Å². The third-order valence-corrected chi connectivity index (χ3v) is 4.89. The van der Waals surface area contributed by atoms with Crippen molar-refractivity contribution in [2.75, 3.05) is 25.6 Å². The van der Waals surface area contributed by atoms with Crippen LogP contribution < -0.4 is 5.32 Å². The smallest absolute Gasteiger partial charge is 0.340 e. The Morgan fingerprint density at radius 3 is 2.67 bits per heavy atom. The molecule has 0 saturated carbocycles. The number of nitriles is 1. The molecule has 0 aliphatic rings. The van der Waals surface area contributed by atoms with Crippen LogP contribution in [0.5, 0.6) is 0 Å². The normalized spacial score (nSPS) is 10.2. The average Bonchev–Trinajstić information content (AvgIpc) is 2.80. The van der Waals surface area contributed by atoms with Crippen LogP contribution >= 0.6 is 0 Å². The molecule has 174 valence electrons. The number of unbranched alkanes of at least 4 members (excludes halogenated alkanes) is 2. The van der Waals surface area contributed by atoms with E-state index in [9.17, 15) is 25.0 Å². The van der Waals surface area contributed by atoms with Crippen molar-refractivity contribution < 1.29 is 24.0 Å². The van der Waals surface area contributed by atoms with Gasteiger partial charge in [-0.25, -0.2) is 9.78 Å². The van der Waals surface area contributed by atoms with Crippen LogP contribution in [0, 0.1) is 28.4 Å². The van der Waals surface area contributed by atoms with Gasteiger partial charge in [0.25, 0.3) is 5.69 Å². The molecule has 33 heavy (non-hydrogen) atoms. The van der Waals surface area contributed by atoms with E-state index in [2.05, 4.69) is 21.1 Å².